The van der Waals surface area contributed by atoms with E-state index in [1.165, 1.54) is 10.5 Å². The zero-order chi connectivity index (χ0) is 13.5. The van der Waals surface area contributed by atoms with Crippen molar-refractivity contribution in [3.05, 3.63) is 40.3 Å². The molecule has 1 aromatic carbocycles. The fraction of sp³-hybridized carbons (Fsp3) is 0.429. The molecule has 2 aromatic rings. The van der Waals surface area contributed by atoms with Gasteiger partial charge in [0.25, 0.3) is 0 Å². The minimum absolute atomic E-state index is 0.0591. The largest absolute Gasteiger partial charge is 0.344 e. The van der Waals surface area contributed by atoms with Crippen molar-refractivity contribution in [1.82, 2.24) is 14.8 Å². The normalized spacial score (nSPS) is 21.1. The summed E-state index contributed by atoms with van der Waals surface area (Å²) in [7, 11) is 0. The number of aromatic nitrogens is 3. The predicted molar refractivity (Wildman–Crippen MR) is 81.7 cm³/mol. The number of nitrogens with zero attached hydrogens (tertiary/aromatic N) is 2. The van der Waals surface area contributed by atoms with E-state index in [4.69, 9.17) is 0 Å². The quantitative estimate of drug-likeness (QED) is 0.883. The molecule has 0 radical (unpaired) electrons. The maximum atomic E-state index is 11.7. The van der Waals surface area contributed by atoms with Gasteiger partial charge in [-0.3, -0.25) is 4.57 Å². The fourth-order valence-electron chi connectivity index (χ4n) is 2.59. The first-order valence-corrected chi connectivity index (χ1v) is 8.81. The molecule has 0 amide bonds. The van der Waals surface area contributed by atoms with Crippen molar-refractivity contribution < 1.29 is 0 Å². The second-order valence-electron chi connectivity index (χ2n) is 5.27. The van der Waals surface area contributed by atoms with E-state index in [0.717, 1.165) is 29.5 Å². The van der Waals surface area contributed by atoms with Gasteiger partial charge in [0.05, 0.1) is 0 Å². The van der Waals surface area contributed by atoms with Crippen LogP contribution in [0.4, 0.5) is 0 Å². The zero-order valence-corrected chi connectivity index (χ0v) is 12.5. The van der Waals surface area contributed by atoms with Gasteiger partial charge in [-0.05, 0) is 24.5 Å². The molecule has 2 aliphatic rings. The Morgan fingerprint density at radius 1 is 1.40 bits per heavy atom. The number of rotatable bonds is 4. The number of hydrogen-bond donors (Lipinski definition) is 1. The summed E-state index contributed by atoms with van der Waals surface area (Å²) in [5, 5.41) is 7.61. The lowest BCUT2D eigenvalue weighted by Crippen LogP contribution is -2.16. The molecule has 0 saturated heterocycles. The van der Waals surface area contributed by atoms with Crippen LogP contribution in [0.1, 0.15) is 30.4 Å². The highest BCUT2D eigenvalue weighted by molar-refractivity contribution is 8.00. The van der Waals surface area contributed by atoms with Crippen molar-refractivity contribution in [1.29, 1.82) is 0 Å². The molecule has 0 spiro atoms. The van der Waals surface area contributed by atoms with Crippen LogP contribution in [0.3, 0.4) is 0 Å². The summed E-state index contributed by atoms with van der Waals surface area (Å²) in [4.78, 5) is 13.1. The van der Waals surface area contributed by atoms with Gasteiger partial charge in [0.15, 0.2) is 5.16 Å². The van der Waals surface area contributed by atoms with Crippen molar-refractivity contribution in [2.24, 2.45) is 0 Å². The molecule has 20 heavy (non-hydrogen) atoms. The Hall–Kier alpha value is -1.14. The maximum absolute atomic E-state index is 11.7. The molecule has 1 aliphatic carbocycles. The smallest absolute Gasteiger partial charge is 0.267 e. The van der Waals surface area contributed by atoms with E-state index in [-0.39, 0.29) is 5.69 Å². The van der Waals surface area contributed by atoms with E-state index in [9.17, 15) is 4.79 Å². The molecule has 1 aliphatic heterocycles. The molecule has 1 fully saturated rings. The first-order valence-electron chi connectivity index (χ1n) is 6.84. The highest BCUT2D eigenvalue weighted by atomic mass is 32.2. The second kappa shape index (κ2) is 5.00. The number of thioether (sulfide) groups is 2. The second-order valence-corrected chi connectivity index (χ2v) is 7.32. The molecule has 4 nitrogen and oxygen atoms in total. The first kappa shape index (κ1) is 12.6. The maximum Gasteiger partial charge on any atom is 0.344 e. The van der Waals surface area contributed by atoms with Crippen molar-refractivity contribution in [2.45, 2.75) is 34.9 Å². The summed E-state index contributed by atoms with van der Waals surface area (Å²) >= 11 is 3.63. The SMILES string of the molecule is O=c1[nH]nc(SCC2CSc3ccccc32)n1C1CC1. The molecular weight excluding hydrogens is 290 g/mol. The summed E-state index contributed by atoms with van der Waals surface area (Å²) in [6.07, 6.45) is 2.21. The summed E-state index contributed by atoms with van der Waals surface area (Å²) in [5.41, 5.74) is 1.39. The van der Waals surface area contributed by atoms with Crippen LogP contribution in [-0.4, -0.2) is 26.3 Å². The number of fused-ring (bicyclic) bond motifs is 1. The lowest BCUT2D eigenvalue weighted by molar-refractivity contribution is 0.642. The number of H-pyrrole nitrogens is 1. The highest BCUT2D eigenvalue weighted by Gasteiger charge is 2.29. The minimum atomic E-state index is -0.0591. The molecule has 104 valence electrons. The molecule has 1 saturated carbocycles. The van der Waals surface area contributed by atoms with Crippen LogP contribution in [0, 0.1) is 0 Å². The molecule has 2 heterocycles. The van der Waals surface area contributed by atoms with Gasteiger partial charge in [0.1, 0.15) is 0 Å². The van der Waals surface area contributed by atoms with Gasteiger partial charge in [0.2, 0.25) is 0 Å². The molecule has 1 unspecified atom stereocenters. The number of hydrogen-bond acceptors (Lipinski definition) is 4. The summed E-state index contributed by atoms with van der Waals surface area (Å²) < 4.78 is 1.83. The molecule has 0 bridgehead atoms. The Labute approximate surface area is 125 Å². The van der Waals surface area contributed by atoms with Crippen molar-refractivity contribution in [3.63, 3.8) is 0 Å². The number of nitrogens with one attached hydrogen (secondary N) is 1. The monoisotopic (exact) mass is 305 g/mol. The van der Waals surface area contributed by atoms with Gasteiger partial charge >= 0.3 is 5.69 Å². The van der Waals surface area contributed by atoms with Gasteiger partial charge in [-0.1, -0.05) is 30.0 Å². The molecule has 1 atom stereocenters. The molecule has 1 aromatic heterocycles. The van der Waals surface area contributed by atoms with Crippen molar-refractivity contribution in [2.75, 3.05) is 11.5 Å². The third-order valence-electron chi connectivity index (χ3n) is 3.80. The summed E-state index contributed by atoms with van der Waals surface area (Å²) in [6, 6.07) is 9.00. The van der Waals surface area contributed by atoms with Gasteiger partial charge in [-0.2, -0.15) is 0 Å². The Balaban J connectivity index is 1.51. The van der Waals surface area contributed by atoms with Gasteiger partial charge in [-0.25, -0.2) is 9.89 Å². The van der Waals surface area contributed by atoms with Gasteiger partial charge < -0.3 is 0 Å². The van der Waals surface area contributed by atoms with E-state index in [0.29, 0.717) is 12.0 Å². The standard InChI is InChI=1S/C14H15N3OS2/c18-13-15-16-14(17(13)10-5-6-10)20-8-9-7-19-12-4-2-1-3-11(9)12/h1-4,9-10H,5-8H2,(H,15,18). The van der Waals surface area contributed by atoms with E-state index in [1.807, 2.05) is 16.3 Å². The van der Waals surface area contributed by atoms with Crippen LogP contribution in [0.2, 0.25) is 0 Å². The van der Waals surface area contributed by atoms with Crippen LogP contribution in [-0.2, 0) is 0 Å². The minimum Gasteiger partial charge on any atom is -0.267 e. The van der Waals surface area contributed by atoms with E-state index in [1.54, 1.807) is 11.8 Å². The predicted octanol–water partition coefficient (Wildman–Crippen LogP) is 2.89. The van der Waals surface area contributed by atoms with Crippen LogP contribution < -0.4 is 5.69 Å². The van der Waals surface area contributed by atoms with E-state index in [2.05, 4.69) is 34.5 Å². The van der Waals surface area contributed by atoms with Crippen LogP contribution in [0.5, 0.6) is 0 Å². The van der Waals surface area contributed by atoms with Crippen molar-refractivity contribution in [3.8, 4) is 0 Å². The number of benzene rings is 1. The third kappa shape index (κ3) is 2.20. The first-order chi connectivity index (χ1) is 9.83. The van der Waals surface area contributed by atoms with E-state index >= 15 is 0 Å². The Kier molecular flexibility index (Phi) is 3.15. The van der Waals surface area contributed by atoms with E-state index < -0.39 is 0 Å². The van der Waals surface area contributed by atoms with Gasteiger partial charge in [0, 0.05) is 28.4 Å². The van der Waals surface area contributed by atoms with Crippen LogP contribution in [0.15, 0.2) is 39.1 Å². The lowest BCUT2D eigenvalue weighted by atomic mass is 10.0. The highest BCUT2D eigenvalue weighted by Crippen LogP contribution is 2.42. The van der Waals surface area contributed by atoms with Crippen LogP contribution >= 0.6 is 23.5 Å². The molecule has 1 N–H and O–H groups in total. The zero-order valence-electron chi connectivity index (χ0n) is 10.9. The lowest BCUT2D eigenvalue weighted by Gasteiger charge is -2.10. The number of aromatic amines is 1. The topological polar surface area (TPSA) is 50.7 Å². The Morgan fingerprint density at radius 3 is 3.10 bits per heavy atom. The average Bonchev–Trinajstić information content (AvgIpc) is 3.11. The third-order valence-corrected chi connectivity index (χ3v) is 6.16. The van der Waals surface area contributed by atoms with Crippen LogP contribution in [0.25, 0.3) is 0 Å². The average molecular weight is 305 g/mol. The Morgan fingerprint density at radius 2 is 2.25 bits per heavy atom. The molecule has 4 rings (SSSR count). The Bertz CT molecular complexity index is 690. The molecule has 6 heteroatoms. The summed E-state index contributed by atoms with van der Waals surface area (Å²) in [6.45, 7) is 0. The van der Waals surface area contributed by atoms with Crippen molar-refractivity contribution >= 4 is 23.5 Å². The molecular formula is C14H15N3OS2. The van der Waals surface area contributed by atoms with Gasteiger partial charge in [-0.15, -0.1) is 16.9 Å². The summed E-state index contributed by atoms with van der Waals surface area (Å²) in [5.74, 6) is 2.67. The fourth-order valence-corrected chi connectivity index (χ4v) is 5.12.